The van der Waals surface area contributed by atoms with E-state index >= 15 is 0 Å². The number of carbonyl (C=O) groups excluding carboxylic acids is 2. The van der Waals surface area contributed by atoms with E-state index in [4.69, 9.17) is 0 Å². The molecule has 1 fully saturated rings. The van der Waals surface area contributed by atoms with Crippen molar-refractivity contribution in [3.05, 3.63) is 66.0 Å². The highest BCUT2D eigenvalue weighted by Gasteiger charge is 2.32. The van der Waals surface area contributed by atoms with Gasteiger partial charge in [0, 0.05) is 12.6 Å². The van der Waals surface area contributed by atoms with Gasteiger partial charge in [-0.05, 0) is 49.4 Å². The van der Waals surface area contributed by atoms with Gasteiger partial charge in [0.25, 0.3) is 0 Å². The van der Waals surface area contributed by atoms with Crippen LogP contribution < -0.4 is 9.62 Å². The van der Waals surface area contributed by atoms with Crippen LogP contribution in [-0.4, -0.2) is 56.6 Å². The van der Waals surface area contributed by atoms with Crippen molar-refractivity contribution < 1.29 is 22.4 Å². The van der Waals surface area contributed by atoms with Crippen molar-refractivity contribution in [3.8, 4) is 0 Å². The summed E-state index contributed by atoms with van der Waals surface area (Å²) in [5.74, 6) is -1.33. The molecule has 2 aromatic rings. The number of hydrogen-bond acceptors (Lipinski definition) is 4. The number of sulfonamides is 1. The van der Waals surface area contributed by atoms with E-state index in [1.165, 1.54) is 23.1 Å². The lowest BCUT2D eigenvalue weighted by molar-refractivity contribution is -0.140. The molecule has 0 aliphatic heterocycles. The van der Waals surface area contributed by atoms with Crippen molar-refractivity contribution in [3.63, 3.8) is 0 Å². The summed E-state index contributed by atoms with van der Waals surface area (Å²) >= 11 is 0. The summed E-state index contributed by atoms with van der Waals surface area (Å²) in [5, 5.41) is 3.11. The molecule has 1 N–H and O–H groups in total. The van der Waals surface area contributed by atoms with Gasteiger partial charge in [-0.2, -0.15) is 0 Å². The highest BCUT2D eigenvalue weighted by molar-refractivity contribution is 7.92. The number of halogens is 1. The van der Waals surface area contributed by atoms with E-state index in [0.717, 1.165) is 54.3 Å². The van der Waals surface area contributed by atoms with Crippen LogP contribution in [-0.2, 0) is 26.0 Å². The molecular formula is C27H36FN3O4S. The third kappa shape index (κ3) is 7.78. The Balaban J connectivity index is 1.85. The molecule has 196 valence electrons. The second kappa shape index (κ2) is 12.9. The summed E-state index contributed by atoms with van der Waals surface area (Å²) in [6, 6.07) is 14.1. The molecule has 7 nitrogen and oxygen atoms in total. The van der Waals surface area contributed by atoms with Crippen LogP contribution in [0.4, 0.5) is 10.1 Å². The number of nitrogens with zero attached hydrogens (tertiary/aromatic N) is 2. The number of hydrogen-bond donors (Lipinski definition) is 1. The molecule has 0 heterocycles. The molecule has 3 rings (SSSR count). The summed E-state index contributed by atoms with van der Waals surface area (Å²) in [5.41, 5.74) is 1.07. The summed E-state index contributed by atoms with van der Waals surface area (Å²) in [7, 11) is -3.89. The van der Waals surface area contributed by atoms with Crippen LogP contribution in [0, 0.1) is 5.82 Å². The van der Waals surface area contributed by atoms with E-state index in [2.05, 4.69) is 5.32 Å². The molecule has 0 unspecified atom stereocenters. The molecule has 0 aromatic heterocycles. The Morgan fingerprint density at radius 3 is 2.36 bits per heavy atom. The van der Waals surface area contributed by atoms with Crippen LogP contribution in [0.15, 0.2) is 54.6 Å². The monoisotopic (exact) mass is 517 g/mol. The van der Waals surface area contributed by atoms with Gasteiger partial charge in [-0.3, -0.25) is 13.9 Å². The maximum atomic E-state index is 13.9. The van der Waals surface area contributed by atoms with Crippen LogP contribution in [0.2, 0.25) is 0 Å². The summed E-state index contributed by atoms with van der Waals surface area (Å²) in [6.07, 6.45) is 7.00. The highest BCUT2D eigenvalue weighted by Crippen LogP contribution is 2.21. The van der Waals surface area contributed by atoms with Crippen LogP contribution in [0.25, 0.3) is 0 Å². The van der Waals surface area contributed by atoms with Crippen molar-refractivity contribution in [2.24, 2.45) is 0 Å². The number of anilines is 1. The number of benzene rings is 2. The van der Waals surface area contributed by atoms with Gasteiger partial charge in [-0.1, -0.05) is 62.6 Å². The first-order valence-corrected chi connectivity index (χ1v) is 14.4. The van der Waals surface area contributed by atoms with Gasteiger partial charge < -0.3 is 10.2 Å². The van der Waals surface area contributed by atoms with E-state index in [1.807, 2.05) is 37.3 Å². The van der Waals surface area contributed by atoms with Crippen LogP contribution >= 0.6 is 0 Å². The summed E-state index contributed by atoms with van der Waals surface area (Å²) in [4.78, 5) is 28.4. The van der Waals surface area contributed by atoms with E-state index in [9.17, 15) is 22.4 Å². The lowest BCUT2D eigenvalue weighted by Crippen LogP contribution is -2.54. The molecule has 1 atom stereocenters. The van der Waals surface area contributed by atoms with Crippen LogP contribution in [0.3, 0.4) is 0 Å². The van der Waals surface area contributed by atoms with Gasteiger partial charge in [-0.25, -0.2) is 12.8 Å². The third-order valence-electron chi connectivity index (χ3n) is 6.60. The van der Waals surface area contributed by atoms with Crippen LogP contribution in [0.1, 0.15) is 51.0 Å². The molecule has 1 saturated carbocycles. The first-order valence-electron chi connectivity index (χ1n) is 12.6. The molecule has 2 amide bonds. The van der Waals surface area contributed by atoms with Gasteiger partial charge in [0.2, 0.25) is 21.8 Å². The Hall–Kier alpha value is -2.94. The van der Waals surface area contributed by atoms with Crippen molar-refractivity contribution in [2.45, 2.75) is 64.0 Å². The van der Waals surface area contributed by atoms with Crippen molar-refractivity contribution in [1.29, 1.82) is 0 Å². The fourth-order valence-electron chi connectivity index (χ4n) is 4.69. The molecule has 0 spiro atoms. The second-order valence-corrected chi connectivity index (χ2v) is 11.2. The topological polar surface area (TPSA) is 86.8 Å². The van der Waals surface area contributed by atoms with Crippen molar-refractivity contribution in [1.82, 2.24) is 10.2 Å². The zero-order valence-corrected chi connectivity index (χ0v) is 21.8. The molecule has 1 aliphatic carbocycles. The van der Waals surface area contributed by atoms with Gasteiger partial charge >= 0.3 is 0 Å². The fourth-order valence-corrected chi connectivity index (χ4v) is 5.53. The molecule has 36 heavy (non-hydrogen) atoms. The smallest absolute Gasteiger partial charge is 0.244 e. The quantitative estimate of drug-likeness (QED) is 0.490. The number of amides is 2. The van der Waals surface area contributed by atoms with Gasteiger partial charge in [0.1, 0.15) is 18.4 Å². The van der Waals surface area contributed by atoms with E-state index in [0.29, 0.717) is 12.8 Å². The van der Waals surface area contributed by atoms with Gasteiger partial charge in [0.15, 0.2) is 0 Å². The van der Waals surface area contributed by atoms with E-state index in [1.54, 1.807) is 0 Å². The first kappa shape index (κ1) is 27.6. The normalized spacial score (nSPS) is 15.2. The average molecular weight is 518 g/mol. The molecule has 0 bridgehead atoms. The average Bonchev–Trinajstić information content (AvgIpc) is 2.85. The van der Waals surface area contributed by atoms with Gasteiger partial charge in [0.05, 0.1) is 11.9 Å². The maximum absolute atomic E-state index is 13.9. The van der Waals surface area contributed by atoms with Crippen molar-refractivity contribution >= 4 is 27.5 Å². The maximum Gasteiger partial charge on any atom is 0.244 e. The minimum absolute atomic E-state index is 0.0635. The number of rotatable bonds is 11. The molecule has 1 aliphatic rings. The second-order valence-electron chi connectivity index (χ2n) is 9.34. The minimum Gasteiger partial charge on any atom is -0.352 e. The summed E-state index contributed by atoms with van der Waals surface area (Å²) in [6.45, 7) is 1.57. The lowest BCUT2D eigenvalue weighted by Gasteiger charge is -2.34. The zero-order chi connectivity index (χ0) is 26.1. The largest absolute Gasteiger partial charge is 0.352 e. The van der Waals surface area contributed by atoms with Gasteiger partial charge in [-0.15, -0.1) is 0 Å². The number of nitrogens with one attached hydrogen (secondary N) is 1. The van der Waals surface area contributed by atoms with E-state index in [-0.39, 0.29) is 24.2 Å². The Morgan fingerprint density at radius 2 is 1.75 bits per heavy atom. The predicted octanol–water partition coefficient (Wildman–Crippen LogP) is 3.89. The Morgan fingerprint density at radius 1 is 1.06 bits per heavy atom. The molecule has 0 radical (unpaired) electrons. The minimum atomic E-state index is -3.89. The lowest BCUT2D eigenvalue weighted by atomic mass is 9.95. The fraction of sp³-hybridized carbons (Fsp3) is 0.481. The SMILES string of the molecule is CC[C@H](C(=O)NC1CCCCC1)N(CCc1ccccc1)C(=O)CN(c1cccc(F)c1)S(C)(=O)=O. The Kier molecular flexibility index (Phi) is 9.87. The Bertz CT molecular complexity index is 1120. The Labute approximate surface area is 213 Å². The summed E-state index contributed by atoms with van der Waals surface area (Å²) < 4.78 is 39.9. The molecule has 9 heteroatoms. The zero-order valence-electron chi connectivity index (χ0n) is 21.0. The standard InChI is InChI=1S/C27H36FN3O4S/c1-3-25(27(33)29-23-14-8-5-9-15-23)30(18-17-21-11-6-4-7-12-21)26(32)20-31(36(2,34)35)24-16-10-13-22(28)19-24/h4,6-7,10-13,16,19,23,25H,3,5,8-9,14-15,17-18,20H2,1-2H3,(H,29,33)/t25-/m1/s1. The molecular weight excluding hydrogens is 481 g/mol. The molecule has 0 saturated heterocycles. The van der Waals surface area contributed by atoms with Crippen LogP contribution in [0.5, 0.6) is 0 Å². The predicted molar refractivity (Wildman–Crippen MR) is 140 cm³/mol. The molecule has 2 aromatic carbocycles. The highest BCUT2D eigenvalue weighted by atomic mass is 32.2. The van der Waals surface area contributed by atoms with Crippen molar-refractivity contribution in [2.75, 3.05) is 23.7 Å². The first-order chi connectivity index (χ1) is 17.2. The van der Waals surface area contributed by atoms with E-state index < -0.39 is 34.3 Å². The number of carbonyl (C=O) groups is 2. The third-order valence-corrected chi connectivity index (χ3v) is 7.74.